The first-order valence-corrected chi connectivity index (χ1v) is 7.54. The van der Waals surface area contributed by atoms with Gasteiger partial charge in [0.25, 0.3) is 5.91 Å². The number of rotatable bonds is 6. The van der Waals surface area contributed by atoms with Crippen LogP contribution in [-0.2, 0) is 9.53 Å². The molecule has 21 heavy (non-hydrogen) atoms. The number of halogens is 2. The maximum Gasteiger partial charge on any atom is 0.325 e. The van der Waals surface area contributed by atoms with Crippen LogP contribution in [0.25, 0.3) is 0 Å². The molecular weight excluding hydrogens is 341 g/mol. The average Bonchev–Trinajstić information content (AvgIpc) is 2.40. The largest absolute Gasteiger partial charge is 0.465 e. The number of esters is 1. The fraction of sp³-hybridized carbons (Fsp3) is 0.467. The number of ether oxygens (including phenoxy) is 1. The Morgan fingerprint density at radius 3 is 2.57 bits per heavy atom. The summed E-state index contributed by atoms with van der Waals surface area (Å²) in [6, 6.07) is 4.15. The lowest BCUT2D eigenvalue weighted by Crippen LogP contribution is -2.39. The van der Waals surface area contributed by atoms with Gasteiger partial charge in [0.05, 0.1) is 11.1 Å². The Balaban J connectivity index is 2.92. The molecule has 0 saturated carbocycles. The van der Waals surface area contributed by atoms with E-state index in [1.165, 1.54) is 17.0 Å². The van der Waals surface area contributed by atoms with Crippen LogP contribution in [0.2, 0.25) is 0 Å². The van der Waals surface area contributed by atoms with E-state index in [-0.39, 0.29) is 30.5 Å². The number of nitrogens with zero attached hydrogens (tertiary/aromatic N) is 1. The van der Waals surface area contributed by atoms with Gasteiger partial charge in [0.2, 0.25) is 0 Å². The van der Waals surface area contributed by atoms with Crippen molar-refractivity contribution in [1.29, 1.82) is 0 Å². The molecule has 116 valence electrons. The molecule has 0 saturated heterocycles. The summed E-state index contributed by atoms with van der Waals surface area (Å²) in [7, 11) is 0. The van der Waals surface area contributed by atoms with Gasteiger partial charge in [0.15, 0.2) is 0 Å². The van der Waals surface area contributed by atoms with Crippen LogP contribution >= 0.6 is 15.9 Å². The zero-order valence-corrected chi connectivity index (χ0v) is 13.9. The summed E-state index contributed by atoms with van der Waals surface area (Å²) in [6.45, 7) is 6.10. The van der Waals surface area contributed by atoms with Gasteiger partial charge in [-0.3, -0.25) is 9.59 Å². The molecule has 6 heteroatoms. The number of carbonyl (C=O) groups is 2. The van der Waals surface area contributed by atoms with E-state index in [2.05, 4.69) is 15.9 Å². The Kier molecular flexibility index (Phi) is 6.81. The second-order valence-corrected chi connectivity index (χ2v) is 5.87. The third kappa shape index (κ3) is 5.46. The molecule has 0 bridgehead atoms. The fourth-order valence-corrected chi connectivity index (χ4v) is 2.08. The summed E-state index contributed by atoms with van der Waals surface area (Å²) in [5.74, 6) is -1.18. The fourth-order valence-electron chi connectivity index (χ4n) is 1.83. The molecule has 1 aromatic carbocycles. The molecular formula is C15H19BrFNO3. The van der Waals surface area contributed by atoms with E-state index in [4.69, 9.17) is 4.74 Å². The maximum atomic E-state index is 13.5. The Bertz CT molecular complexity index is 520. The van der Waals surface area contributed by atoms with Crippen molar-refractivity contribution in [1.82, 2.24) is 4.90 Å². The second kappa shape index (κ2) is 8.12. The van der Waals surface area contributed by atoms with Crippen molar-refractivity contribution in [2.45, 2.75) is 20.8 Å². The lowest BCUT2D eigenvalue weighted by Gasteiger charge is -2.23. The highest BCUT2D eigenvalue weighted by Gasteiger charge is 2.21. The Morgan fingerprint density at radius 2 is 2.05 bits per heavy atom. The van der Waals surface area contributed by atoms with E-state index in [9.17, 15) is 14.0 Å². The lowest BCUT2D eigenvalue weighted by molar-refractivity contribution is -0.143. The minimum Gasteiger partial charge on any atom is -0.465 e. The molecule has 0 radical (unpaired) electrons. The molecule has 0 spiro atoms. The van der Waals surface area contributed by atoms with Gasteiger partial charge in [-0.25, -0.2) is 4.39 Å². The van der Waals surface area contributed by atoms with E-state index in [1.807, 2.05) is 13.8 Å². The lowest BCUT2D eigenvalue weighted by atomic mass is 10.1. The van der Waals surface area contributed by atoms with Gasteiger partial charge in [-0.2, -0.15) is 0 Å². The van der Waals surface area contributed by atoms with Crippen LogP contribution < -0.4 is 0 Å². The monoisotopic (exact) mass is 359 g/mol. The summed E-state index contributed by atoms with van der Waals surface area (Å²) in [6.07, 6.45) is 0. The van der Waals surface area contributed by atoms with Crippen LogP contribution in [0.15, 0.2) is 22.7 Å². The molecule has 0 aliphatic carbocycles. The SMILES string of the molecule is CCOC(=O)CN(CC(C)C)C(=O)c1ccc(Br)c(F)c1. The molecule has 0 fully saturated rings. The van der Waals surface area contributed by atoms with Crippen LogP contribution in [0.3, 0.4) is 0 Å². The van der Waals surface area contributed by atoms with Gasteiger partial charge in [0.1, 0.15) is 12.4 Å². The van der Waals surface area contributed by atoms with Gasteiger partial charge in [-0.15, -0.1) is 0 Å². The van der Waals surface area contributed by atoms with Crippen LogP contribution in [-0.4, -0.2) is 36.5 Å². The van der Waals surface area contributed by atoms with Crippen molar-refractivity contribution < 1.29 is 18.7 Å². The highest BCUT2D eigenvalue weighted by Crippen LogP contribution is 2.18. The van der Waals surface area contributed by atoms with Gasteiger partial charge >= 0.3 is 5.97 Å². The van der Waals surface area contributed by atoms with Crippen molar-refractivity contribution in [3.8, 4) is 0 Å². The van der Waals surface area contributed by atoms with E-state index in [1.54, 1.807) is 6.92 Å². The number of amides is 1. The minimum atomic E-state index is -0.513. The zero-order chi connectivity index (χ0) is 16.0. The van der Waals surface area contributed by atoms with Crippen molar-refractivity contribution in [3.63, 3.8) is 0 Å². The first kappa shape index (κ1) is 17.6. The van der Waals surface area contributed by atoms with Crippen molar-refractivity contribution in [2.24, 2.45) is 5.92 Å². The highest BCUT2D eigenvalue weighted by molar-refractivity contribution is 9.10. The van der Waals surface area contributed by atoms with Gasteiger partial charge < -0.3 is 9.64 Å². The maximum absolute atomic E-state index is 13.5. The first-order chi connectivity index (χ1) is 9.85. The van der Waals surface area contributed by atoms with Crippen LogP contribution in [0.4, 0.5) is 4.39 Å². The second-order valence-electron chi connectivity index (χ2n) is 5.01. The van der Waals surface area contributed by atoms with Crippen LogP contribution in [0.1, 0.15) is 31.1 Å². The number of carbonyl (C=O) groups excluding carboxylic acids is 2. The van der Waals surface area contributed by atoms with Gasteiger partial charge in [-0.1, -0.05) is 13.8 Å². The highest BCUT2D eigenvalue weighted by atomic mass is 79.9. The van der Waals surface area contributed by atoms with Gasteiger partial charge in [0, 0.05) is 12.1 Å². The molecule has 0 heterocycles. The summed E-state index contributed by atoms with van der Waals surface area (Å²) in [4.78, 5) is 25.4. The molecule has 1 amide bonds. The number of hydrogen-bond donors (Lipinski definition) is 0. The molecule has 0 atom stereocenters. The normalized spacial score (nSPS) is 10.6. The standard InChI is InChI=1S/C15H19BrFNO3/c1-4-21-14(19)9-18(8-10(2)3)15(20)11-5-6-12(16)13(17)7-11/h5-7,10H,4,8-9H2,1-3H3. The molecule has 0 aliphatic heterocycles. The average molecular weight is 360 g/mol. The zero-order valence-electron chi connectivity index (χ0n) is 12.4. The first-order valence-electron chi connectivity index (χ1n) is 6.75. The Morgan fingerprint density at radius 1 is 1.38 bits per heavy atom. The molecule has 0 N–H and O–H groups in total. The van der Waals surface area contributed by atoms with E-state index in [0.717, 1.165) is 6.07 Å². The van der Waals surface area contributed by atoms with Crippen molar-refractivity contribution in [3.05, 3.63) is 34.1 Å². The third-order valence-corrected chi connectivity index (χ3v) is 3.31. The van der Waals surface area contributed by atoms with E-state index in [0.29, 0.717) is 11.0 Å². The van der Waals surface area contributed by atoms with E-state index >= 15 is 0 Å². The van der Waals surface area contributed by atoms with Crippen LogP contribution in [0.5, 0.6) is 0 Å². The predicted octanol–water partition coefficient (Wildman–Crippen LogP) is 3.25. The predicted molar refractivity (Wildman–Crippen MR) is 81.5 cm³/mol. The number of hydrogen-bond acceptors (Lipinski definition) is 3. The topological polar surface area (TPSA) is 46.6 Å². The van der Waals surface area contributed by atoms with Gasteiger partial charge in [-0.05, 0) is 47.0 Å². The molecule has 1 rings (SSSR count). The molecule has 1 aromatic rings. The Labute approximate surface area is 132 Å². The van der Waals surface area contributed by atoms with E-state index < -0.39 is 11.8 Å². The smallest absolute Gasteiger partial charge is 0.325 e. The quantitative estimate of drug-likeness (QED) is 0.732. The van der Waals surface area contributed by atoms with Crippen LogP contribution in [0, 0.1) is 11.7 Å². The third-order valence-electron chi connectivity index (χ3n) is 2.66. The summed E-state index contributed by atoms with van der Waals surface area (Å²) in [5.41, 5.74) is 0.209. The Hall–Kier alpha value is -1.43. The summed E-state index contributed by atoms with van der Waals surface area (Å²) < 4.78 is 18.7. The summed E-state index contributed by atoms with van der Waals surface area (Å²) >= 11 is 3.04. The summed E-state index contributed by atoms with van der Waals surface area (Å²) in [5, 5.41) is 0. The molecule has 0 aliphatic rings. The van der Waals surface area contributed by atoms with Crippen molar-refractivity contribution in [2.75, 3.05) is 19.7 Å². The molecule has 0 unspecified atom stereocenters. The minimum absolute atomic E-state index is 0.136. The molecule has 4 nitrogen and oxygen atoms in total. The van der Waals surface area contributed by atoms with Crippen molar-refractivity contribution >= 4 is 27.8 Å². The number of benzene rings is 1. The molecule has 0 aromatic heterocycles.